The molecular weight excluding hydrogens is 758 g/mol. The zero-order chi connectivity index (χ0) is 28.0. The number of hydrogen-bond acceptors (Lipinski definition) is 2. The van der Waals surface area contributed by atoms with Crippen molar-refractivity contribution in [3.63, 3.8) is 0 Å². The molecule has 2 N–H and O–H groups in total. The van der Waals surface area contributed by atoms with Crippen molar-refractivity contribution in [2.45, 2.75) is 68.1 Å². The first-order valence-electron chi connectivity index (χ1n) is 8.18. The maximum atomic E-state index is 13.7. The van der Waals surface area contributed by atoms with Crippen LogP contribution in [0.25, 0.3) is 0 Å². The van der Waals surface area contributed by atoms with E-state index in [-0.39, 0.29) is 0 Å². The predicted molar refractivity (Wildman–Crippen MR) is 98.6 cm³/mol. The Labute approximate surface area is 206 Å². The first kappa shape index (κ1) is 34.3. The quantitative estimate of drug-likeness (QED) is 0.129. The molecule has 0 spiro atoms. The summed E-state index contributed by atoms with van der Waals surface area (Å²) in [6, 6.07) is 0. The summed E-state index contributed by atoms with van der Waals surface area (Å²) in [4.78, 5) is 0. The van der Waals surface area contributed by atoms with Crippen LogP contribution in [-0.4, -0.2) is 78.7 Å². The van der Waals surface area contributed by atoms with Crippen LogP contribution in [0.15, 0.2) is 0 Å². The molecule has 2 nitrogen and oxygen atoms in total. The second-order valence-electron chi connectivity index (χ2n) is 6.82. The Morgan fingerprint density at radius 1 is 0.412 bits per heavy atom. The molecule has 2 unspecified atom stereocenters. The Balaban J connectivity index is 6.68. The number of aliphatic hydroxyl groups is 2. The van der Waals surface area contributed by atoms with Crippen LogP contribution < -0.4 is 0 Å². The lowest BCUT2D eigenvalue weighted by molar-refractivity contribution is -0.453. The predicted octanol–water partition coefficient (Wildman–Crippen LogP) is 6.44. The highest BCUT2D eigenvalue weighted by Crippen LogP contribution is 2.64. The van der Waals surface area contributed by atoms with Gasteiger partial charge in [0.1, 0.15) is 0 Å². The minimum Gasteiger partial charge on any atom is -0.395 e. The molecule has 206 valence electrons. The summed E-state index contributed by atoms with van der Waals surface area (Å²) < 4.78 is 214. The highest BCUT2D eigenvalue weighted by Gasteiger charge is 2.94. The van der Waals surface area contributed by atoms with Gasteiger partial charge in [-0.05, 0) is 0 Å². The van der Waals surface area contributed by atoms with Crippen LogP contribution in [0.5, 0.6) is 0 Å². The van der Waals surface area contributed by atoms with Crippen molar-refractivity contribution in [3.05, 3.63) is 0 Å². The molecule has 0 aromatic rings. The molecule has 0 saturated heterocycles. The van der Waals surface area contributed by atoms with Crippen molar-refractivity contribution in [2.75, 3.05) is 13.2 Å². The maximum absolute atomic E-state index is 13.7. The zero-order valence-corrected chi connectivity index (χ0v) is 20.0. The molecule has 2 atom stereocenters. The Morgan fingerprint density at radius 3 is 0.765 bits per heavy atom. The molecule has 34 heavy (non-hydrogen) atoms. The Hall–Kier alpha value is 0.260. The van der Waals surface area contributed by atoms with E-state index in [4.69, 9.17) is 10.2 Å². The van der Waals surface area contributed by atoms with Gasteiger partial charge in [-0.25, -0.2) is 0 Å². The Bertz CT molecular complexity index is 641. The average molecular weight is 770 g/mol. The lowest BCUT2D eigenvalue weighted by Crippen LogP contribution is -2.74. The van der Waals surface area contributed by atoms with E-state index in [1.165, 1.54) is 0 Å². The summed E-state index contributed by atoms with van der Waals surface area (Å²) in [6.07, 6.45) is -5.20. The van der Waals surface area contributed by atoms with Crippen LogP contribution in [0.3, 0.4) is 0 Å². The lowest BCUT2D eigenvalue weighted by Gasteiger charge is -2.44. The van der Waals surface area contributed by atoms with E-state index in [9.17, 15) is 70.2 Å². The van der Waals surface area contributed by atoms with Gasteiger partial charge in [0.2, 0.25) is 0 Å². The van der Waals surface area contributed by atoms with Gasteiger partial charge in [0, 0.05) is 20.7 Å². The van der Waals surface area contributed by atoms with Gasteiger partial charge in [-0.2, -0.15) is 70.2 Å². The van der Waals surface area contributed by atoms with Gasteiger partial charge in [-0.1, -0.05) is 45.2 Å². The maximum Gasteiger partial charge on any atom is 0.384 e. The summed E-state index contributed by atoms with van der Waals surface area (Å²) in [6.45, 7) is -2.93. The van der Waals surface area contributed by atoms with E-state index < -0.39 is 81.3 Å². The van der Waals surface area contributed by atoms with E-state index in [0.717, 1.165) is 0 Å². The first-order chi connectivity index (χ1) is 14.7. The molecule has 0 radical (unpaired) electrons. The summed E-state index contributed by atoms with van der Waals surface area (Å²) in [7, 11) is 0. The SMILES string of the molecule is OCC(I)CC(F)(F)C(F)(F)C(F)(F)C(F)(F)C(F)(F)C(F)(F)C(F)(F)C(F)(F)CC(I)CO. The highest BCUT2D eigenvalue weighted by molar-refractivity contribution is 14.1. The monoisotopic (exact) mass is 770 g/mol. The van der Waals surface area contributed by atoms with E-state index in [0.29, 0.717) is 45.2 Å². The normalized spacial score (nSPS) is 17.6. The van der Waals surface area contributed by atoms with Crippen molar-refractivity contribution in [1.29, 1.82) is 0 Å². The van der Waals surface area contributed by atoms with Crippen LogP contribution in [-0.2, 0) is 0 Å². The average Bonchev–Trinajstić information content (AvgIpc) is 2.65. The fourth-order valence-electron chi connectivity index (χ4n) is 2.19. The van der Waals surface area contributed by atoms with Crippen LogP contribution in [0.1, 0.15) is 12.8 Å². The molecule has 0 aliphatic rings. The minimum atomic E-state index is -8.46. The number of hydrogen-bond donors (Lipinski definition) is 2. The van der Waals surface area contributed by atoms with Crippen LogP contribution in [0.4, 0.5) is 70.2 Å². The summed E-state index contributed by atoms with van der Waals surface area (Å²) in [5, 5.41) is 17.0. The summed E-state index contributed by atoms with van der Waals surface area (Å²) in [5.74, 6) is -61.5. The molecule has 0 aliphatic heterocycles. The van der Waals surface area contributed by atoms with Crippen LogP contribution >= 0.6 is 45.2 Å². The number of rotatable bonds is 13. The van der Waals surface area contributed by atoms with E-state index in [2.05, 4.69) is 0 Å². The molecule has 0 fully saturated rings. The molecular formula is C14H12F16I2O2. The molecule has 0 aromatic carbocycles. The molecule has 0 rings (SSSR count). The van der Waals surface area contributed by atoms with Gasteiger partial charge in [-0.3, -0.25) is 0 Å². The molecule has 0 amide bonds. The lowest BCUT2D eigenvalue weighted by atomic mass is 9.86. The number of halogens is 18. The number of alkyl halides is 18. The third-order valence-electron chi connectivity index (χ3n) is 4.24. The van der Waals surface area contributed by atoms with Gasteiger partial charge in [0.15, 0.2) is 0 Å². The molecule has 0 bridgehead atoms. The Kier molecular flexibility index (Phi) is 10.3. The third kappa shape index (κ3) is 5.28. The minimum absolute atomic E-state index is 0.716. The highest BCUT2D eigenvalue weighted by atomic mass is 127. The van der Waals surface area contributed by atoms with Crippen molar-refractivity contribution in [2.24, 2.45) is 0 Å². The second kappa shape index (κ2) is 10.2. The van der Waals surface area contributed by atoms with E-state index in [1.807, 2.05) is 0 Å². The Morgan fingerprint density at radius 2 is 0.588 bits per heavy atom. The molecule has 20 heteroatoms. The first-order valence-corrected chi connectivity index (χ1v) is 10.7. The van der Waals surface area contributed by atoms with Crippen LogP contribution in [0, 0.1) is 0 Å². The second-order valence-corrected chi connectivity index (χ2v) is 10.3. The topological polar surface area (TPSA) is 40.5 Å². The van der Waals surface area contributed by atoms with Crippen molar-refractivity contribution in [3.8, 4) is 0 Å². The fraction of sp³-hybridized carbons (Fsp3) is 1.00. The van der Waals surface area contributed by atoms with Crippen LogP contribution in [0.2, 0.25) is 0 Å². The molecule has 0 heterocycles. The van der Waals surface area contributed by atoms with Crippen molar-refractivity contribution < 1.29 is 80.5 Å². The van der Waals surface area contributed by atoms with Crippen molar-refractivity contribution in [1.82, 2.24) is 0 Å². The third-order valence-corrected chi connectivity index (χ3v) is 5.91. The van der Waals surface area contributed by atoms with Crippen molar-refractivity contribution >= 4 is 45.2 Å². The molecule has 0 saturated carbocycles. The zero-order valence-electron chi connectivity index (χ0n) is 15.7. The summed E-state index contributed by atoms with van der Waals surface area (Å²) >= 11 is 1.43. The summed E-state index contributed by atoms with van der Waals surface area (Å²) in [5.41, 5.74) is 0. The van der Waals surface area contributed by atoms with Gasteiger partial charge in [-0.15, -0.1) is 0 Å². The molecule has 0 aliphatic carbocycles. The molecule has 0 aromatic heterocycles. The van der Waals surface area contributed by atoms with Gasteiger partial charge in [0.05, 0.1) is 13.2 Å². The largest absolute Gasteiger partial charge is 0.395 e. The smallest absolute Gasteiger partial charge is 0.384 e. The van der Waals surface area contributed by atoms with E-state index >= 15 is 0 Å². The van der Waals surface area contributed by atoms with Gasteiger partial charge in [0.25, 0.3) is 0 Å². The standard InChI is InChI=1S/C14H12F16I2O2/c15-7(16,1-5(31)3-33)9(19,20)11(23,24)13(27,28)14(29,30)12(25,26)10(21,22)8(17,18)2-6(32)4-34/h5-6,33-34H,1-4H2. The van der Waals surface area contributed by atoms with E-state index in [1.54, 1.807) is 0 Å². The van der Waals surface area contributed by atoms with Gasteiger partial charge < -0.3 is 10.2 Å². The van der Waals surface area contributed by atoms with Gasteiger partial charge >= 0.3 is 47.4 Å². The number of aliphatic hydroxyl groups excluding tert-OH is 2. The fourth-order valence-corrected chi connectivity index (χ4v) is 3.30.